The van der Waals surface area contributed by atoms with Crippen LogP contribution in [0.1, 0.15) is 52.4 Å². The van der Waals surface area contributed by atoms with Crippen molar-refractivity contribution in [3.63, 3.8) is 0 Å². The highest BCUT2D eigenvalue weighted by Crippen LogP contribution is 2.16. The Morgan fingerprint density at radius 3 is 2.38 bits per heavy atom. The first-order valence-corrected chi connectivity index (χ1v) is 5.41. The van der Waals surface area contributed by atoms with E-state index in [0.717, 1.165) is 12.8 Å². The molecule has 0 aliphatic heterocycles. The lowest BCUT2D eigenvalue weighted by atomic mass is 9.92. The average Bonchev–Trinajstić information content (AvgIpc) is 2.17. The summed E-state index contributed by atoms with van der Waals surface area (Å²) in [6, 6.07) is 1.88. The summed E-state index contributed by atoms with van der Waals surface area (Å²) in [5.74, 6) is 0.404. The van der Waals surface area contributed by atoms with E-state index in [9.17, 15) is 0 Å². The van der Waals surface area contributed by atoms with Crippen molar-refractivity contribution in [2.75, 3.05) is 0 Å². The maximum atomic E-state index is 8.66. The monoisotopic (exact) mass is 182 g/mol. The third-order valence-electron chi connectivity index (χ3n) is 2.61. The van der Waals surface area contributed by atoms with Gasteiger partial charge in [0, 0.05) is 0 Å². The first kappa shape index (κ1) is 12.4. The summed E-state index contributed by atoms with van der Waals surface area (Å²) in [4.78, 5) is 0. The zero-order valence-corrected chi connectivity index (χ0v) is 8.92. The van der Waals surface area contributed by atoms with Crippen LogP contribution in [-0.2, 0) is 0 Å². The Kier molecular flexibility index (Phi) is 7.73. The summed E-state index contributed by atoms with van der Waals surface area (Å²) in [6.45, 7) is 4.32. The SMILES string of the molecule is CCCCCCC(CC)C(N)C#N. The summed E-state index contributed by atoms with van der Waals surface area (Å²) in [7, 11) is 0. The van der Waals surface area contributed by atoms with Gasteiger partial charge >= 0.3 is 0 Å². The molecule has 0 spiro atoms. The van der Waals surface area contributed by atoms with E-state index in [0.29, 0.717) is 5.92 Å². The Hall–Kier alpha value is -0.550. The topological polar surface area (TPSA) is 49.8 Å². The van der Waals surface area contributed by atoms with E-state index in [2.05, 4.69) is 19.9 Å². The summed E-state index contributed by atoms with van der Waals surface area (Å²) in [5.41, 5.74) is 5.68. The van der Waals surface area contributed by atoms with Crippen LogP contribution in [0.4, 0.5) is 0 Å². The lowest BCUT2D eigenvalue weighted by molar-refractivity contribution is 0.410. The number of nitrogens with zero attached hydrogens (tertiary/aromatic N) is 1. The van der Waals surface area contributed by atoms with Crippen LogP contribution >= 0.6 is 0 Å². The van der Waals surface area contributed by atoms with E-state index in [1.165, 1.54) is 25.7 Å². The molecule has 2 unspecified atom stereocenters. The van der Waals surface area contributed by atoms with Gasteiger partial charge < -0.3 is 5.73 Å². The molecule has 0 heterocycles. The van der Waals surface area contributed by atoms with Crippen LogP contribution in [0.15, 0.2) is 0 Å². The minimum Gasteiger partial charge on any atom is -0.316 e. The van der Waals surface area contributed by atoms with E-state index >= 15 is 0 Å². The second kappa shape index (κ2) is 8.07. The minimum absolute atomic E-state index is 0.258. The fourth-order valence-corrected chi connectivity index (χ4v) is 1.58. The highest BCUT2D eigenvalue weighted by Gasteiger charge is 2.14. The predicted molar refractivity (Wildman–Crippen MR) is 56.1 cm³/mol. The van der Waals surface area contributed by atoms with Gasteiger partial charge in [0.2, 0.25) is 0 Å². The molecule has 0 saturated carbocycles. The van der Waals surface area contributed by atoms with Crippen molar-refractivity contribution in [3.8, 4) is 6.07 Å². The van der Waals surface area contributed by atoms with E-state index in [1.54, 1.807) is 0 Å². The summed E-state index contributed by atoms with van der Waals surface area (Å²) < 4.78 is 0. The number of unbranched alkanes of at least 4 members (excludes halogenated alkanes) is 3. The smallest absolute Gasteiger partial charge is 0.0956 e. The van der Waals surface area contributed by atoms with Gasteiger partial charge in [-0.05, 0) is 12.3 Å². The molecule has 2 N–H and O–H groups in total. The van der Waals surface area contributed by atoms with Gasteiger partial charge in [0.1, 0.15) is 0 Å². The molecular weight excluding hydrogens is 160 g/mol. The van der Waals surface area contributed by atoms with Gasteiger partial charge in [-0.2, -0.15) is 5.26 Å². The van der Waals surface area contributed by atoms with Crippen molar-refractivity contribution in [1.29, 1.82) is 5.26 Å². The Labute approximate surface area is 82.1 Å². The molecule has 2 nitrogen and oxygen atoms in total. The molecule has 0 bridgehead atoms. The minimum atomic E-state index is -0.258. The maximum Gasteiger partial charge on any atom is 0.0956 e. The molecular formula is C11H22N2. The van der Waals surface area contributed by atoms with E-state index < -0.39 is 0 Å². The molecule has 13 heavy (non-hydrogen) atoms. The van der Waals surface area contributed by atoms with Crippen LogP contribution in [-0.4, -0.2) is 6.04 Å². The fraction of sp³-hybridized carbons (Fsp3) is 0.909. The number of nitriles is 1. The Balaban J connectivity index is 3.55. The van der Waals surface area contributed by atoms with E-state index in [1.807, 2.05) is 0 Å². The molecule has 0 saturated heterocycles. The quantitative estimate of drug-likeness (QED) is 0.615. The molecule has 0 fully saturated rings. The summed E-state index contributed by atoms with van der Waals surface area (Å²) in [6.07, 6.45) is 7.22. The summed E-state index contributed by atoms with van der Waals surface area (Å²) in [5, 5.41) is 8.66. The molecule has 0 amide bonds. The van der Waals surface area contributed by atoms with Crippen molar-refractivity contribution in [3.05, 3.63) is 0 Å². The first-order valence-electron chi connectivity index (χ1n) is 5.41. The highest BCUT2D eigenvalue weighted by molar-refractivity contribution is 4.91. The third-order valence-corrected chi connectivity index (χ3v) is 2.61. The lowest BCUT2D eigenvalue weighted by Crippen LogP contribution is -2.27. The van der Waals surface area contributed by atoms with Crippen LogP contribution in [0.25, 0.3) is 0 Å². The molecule has 0 aliphatic carbocycles. The van der Waals surface area contributed by atoms with Crippen molar-refractivity contribution in [2.45, 2.75) is 58.4 Å². The largest absolute Gasteiger partial charge is 0.316 e. The molecule has 0 aromatic heterocycles. The van der Waals surface area contributed by atoms with Gasteiger partial charge in [0.15, 0.2) is 0 Å². The second-order valence-corrected chi connectivity index (χ2v) is 3.67. The fourth-order valence-electron chi connectivity index (χ4n) is 1.58. The predicted octanol–water partition coefficient (Wildman–Crippen LogP) is 2.83. The van der Waals surface area contributed by atoms with Crippen LogP contribution in [0, 0.1) is 17.2 Å². The molecule has 2 atom stereocenters. The molecule has 76 valence electrons. The third kappa shape index (κ3) is 5.65. The zero-order valence-electron chi connectivity index (χ0n) is 8.92. The second-order valence-electron chi connectivity index (χ2n) is 3.67. The van der Waals surface area contributed by atoms with Crippen LogP contribution in [0.2, 0.25) is 0 Å². The molecule has 0 aromatic rings. The van der Waals surface area contributed by atoms with Gasteiger partial charge in [0.05, 0.1) is 12.1 Å². The van der Waals surface area contributed by atoms with Crippen LogP contribution in [0.3, 0.4) is 0 Å². The Bertz CT molecular complexity index is 149. The summed E-state index contributed by atoms with van der Waals surface area (Å²) >= 11 is 0. The Morgan fingerprint density at radius 2 is 1.92 bits per heavy atom. The van der Waals surface area contributed by atoms with Gasteiger partial charge in [-0.15, -0.1) is 0 Å². The molecule has 2 heteroatoms. The normalized spacial score (nSPS) is 14.9. The number of nitrogens with two attached hydrogens (primary N) is 1. The first-order chi connectivity index (χ1) is 6.26. The van der Waals surface area contributed by atoms with Crippen molar-refractivity contribution >= 4 is 0 Å². The van der Waals surface area contributed by atoms with Gasteiger partial charge in [-0.1, -0.05) is 46.0 Å². The van der Waals surface area contributed by atoms with Gasteiger partial charge in [-0.25, -0.2) is 0 Å². The van der Waals surface area contributed by atoms with Crippen molar-refractivity contribution < 1.29 is 0 Å². The van der Waals surface area contributed by atoms with Crippen LogP contribution in [0.5, 0.6) is 0 Å². The molecule has 0 aliphatic rings. The Morgan fingerprint density at radius 1 is 1.23 bits per heavy atom. The number of rotatable bonds is 7. The van der Waals surface area contributed by atoms with Crippen molar-refractivity contribution in [1.82, 2.24) is 0 Å². The maximum absolute atomic E-state index is 8.66. The van der Waals surface area contributed by atoms with E-state index in [-0.39, 0.29) is 6.04 Å². The van der Waals surface area contributed by atoms with Gasteiger partial charge in [0.25, 0.3) is 0 Å². The van der Waals surface area contributed by atoms with Crippen LogP contribution < -0.4 is 5.73 Å². The van der Waals surface area contributed by atoms with E-state index in [4.69, 9.17) is 11.0 Å². The molecule has 0 aromatic carbocycles. The lowest BCUT2D eigenvalue weighted by Gasteiger charge is -2.16. The highest BCUT2D eigenvalue weighted by atomic mass is 14.6. The van der Waals surface area contributed by atoms with Gasteiger partial charge in [-0.3, -0.25) is 0 Å². The standard InChI is InChI=1S/C11H22N2/c1-3-5-6-7-8-10(4-2)11(13)9-12/h10-11H,3-8,13H2,1-2H3. The number of hydrogen-bond acceptors (Lipinski definition) is 2. The molecule has 0 rings (SSSR count). The number of hydrogen-bond donors (Lipinski definition) is 1. The van der Waals surface area contributed by atoms with Crippen molar-refractivity contribution in [2.24, 2.45) is 11.7 Å². The molecule has 0 radical (unpaired) electrons. The zero-order chi connectivity index (χ0) is 10.1. The average molecular weight is 182 g/mol.